The van der Waals surface area contributed by atoms with Crippen LogP contribution in [0, 0.1) is 0 Å². The Morgan fingerprint density at radius 3 is 1.89 bits per heavy atom. The second kappa shape index (κ2) is 5.48. The Hall–Kier alpha value is -2.42. The van der Waals surface area contributed by atoms with E-state index in [0.29, 0.717) is 16.7 Å². The summed E-state index contributed by atoms with van der Waals surface area (Å²) in [4.78, 5) is 26.0. The second-order valence-corrected chi connectivity index (χ2v) is 4.44. The van der Waals surface area contributed by atoms with E-state index in [0.717, 1.165) is 0 Å². The SMILES string of the molecule is CN(C)C(=O)c1ccccc1C(=O)c1ccccc1. The second-order valence-electron chi connectivity index (χ2n) is 4.44. The summed E-state index contributed by atoms with van der Waals surface area (Å²) >= 11 is 0. The molecule has 0 N–H and O–H groups in total. The molecule has 2 aromatic carbocycles. The summed E-state index contributed by atoms with van der Waals surface area (Å²) in [5.41, 5.74) is 1.45. The molecule has 0 saturated carbocycles. The van der Waals surface area contributed by atoms with Crippen LogP contribution < -0.4 is 0 Å². The molecule has 1 amide bonds. The molecule has 0 atom stereocenters. The van der Waals surface area contributed by atoms with Crippen LogP contribution in [-0.2, 0) is 0 Å². The molecule has 2 aromatic rings. The van der Waals surface area contributed by atoms with Crippen molar-refractivity contribution in [3.05, 3.63) is 71.3 Å². The molecule has 0 fully saturated rings. The van der Waals surface area contributed by atoms with Gasteiger partial charge in [0.25, 0.3) is 5.91 Å². The summed E-state index contributed by atoms with van der Waals surface area (Å²) in [6.45, 7) is 0. The van der Waals surface area contributed by atoms with Crippen molar-refractivity contribution < 1.29 is 9.59 Å². The third kappa shape index (κ3) is 2.71. The van der Waals surface area contributed by atoms with Crippen LogP contribution in [-0.4, -0.2) is 30.7 Å². The number of ketones is 1. The first-order valence-corrected chi connectivity index (χ1v) is 6.01. The zero-order valence-electron chi connectivity index (χ0n) is 11.0. The van der Waals surface area contributed by atoms with E-state index in [9.17, 15) is 9.59 Å². The minimum Gasteiger partial charge on any atom is -0.345 e. The van der Waals surface area contributed by atoms with Crippen LogP contribution in [0.3, 0.4) is 0 Å². The van der Waals surface area contributed by atoms with Gasteiger partial charge in [0.1, 0.15) is 0 Å². The first kappa shape index (κ1) is 13.0. The van der Waals surface area contributed by atoms with Crippen molar-refractivity contribution in [1.82, 2.24) is 4.90 Å². The molecule has 0 aliphatic carbocycles. The highest BCUT2D eigenvalue weighted by Gasteiger charge is 2.18. The van der Waals surface area contributed by atoms with Crippen molar-refractivity contribution in [3.63, 3.8) is 0 Å². The number of carbonyl (C=O) groups is 2. The molecule has 0 aromatic heterocycles. The van der Waals surface area contributed by atoms with E-state index in [1.165, 1.54) is 4.90 Å². The minimum absolute atomic E-state index is 0.133. The molecule has 0 radical (unpaired) electrons. The van der Waals surface area contributed by atoms with Gasteiger partial charge in [0.15, 0.2) is 5.78 Å². The van der Waals surface area contributed by atoms with Gasteiger partial charge in [0.2, 0.25) is 0 Å². The van der Waals surface area contributed by atoms with E-state index in [1.54, 1.807) is 50.5 Å². The topological polar surface area (TPSA) is 37.4 Å². The van der Waals surface area contributed by atoms with Crippen molar-refractivity contribution in [2.45, 2.75) is 0 Å². The van der Waals surface area contributed by atoms with Crippen molar-refractivity contribution in [2.75, 3.05) is 14.1 Å². The number of carbonyl (C=O) groups excluding carboxylic acids is 2. The Morgan fingerprint density at radius 1 is 0.789 bits per heavy atom. The Balaban J connectivity index is 2.46. The van der Waals surface area contributed by atoms with Crippen LogP contribution >= 0.6 is 0 Å². The van der Waals surface area contributed by atoms with Gasteiger partial charge in [0, 0.05) is 25.2 Å². The lowest BCUT2D eigenvalue weighted by Crippen LogP contribution is -2.24. The Morgan fingerprint density at radius 2 is 1.32 bits per heavy atom. The van der Waals surface area contributed by atoms with E-state index in [4.69, 9.17) is 0 Å². The molecule has 0 bridgehead atoms. The maximum atomic E-state index is 12.4. The Kier molecular flexibility index (Phi) is 3.76. The lowest BCUT2D eigenvalue weighted by molar-refractivity contribution is 0.0822. The fourth-order valence-corrected chi connectivity index (χ4v) is 1.85. The first-order valence-electron chi connectivity index (χ1n) is 6.01. The lowest BCUT2D eigenvalue weighted by atomic mass is 9.98. The van der Waals surface area contributed by atoms with Crippen LogP contribution in [0.25, 0.3) is 0 Å². The summed E-state index contributed by atoms with van der Waals surface area (Å²) in [5, 5.41) is 0. The smallest absolute Gasteiger partial charge is 0.254 e. The minimum atomic E-state index is -0.167. The maximum absolute atomic E-state index is 12.4. The molecule has 0 aliphatic heterocycles. The largest absolute Gasteiger partial charge is 0.345 e. The molecule has 3 heteroatoms. The zero-order chi connectivity index (χ0) is 13.8. The molecular weight excluding hydrogens is 238 g/mol. The predicted octanol–water partition coefficient (Wildman–Crippen LogP) is 2.62. The van der Waals surface area contributed by atoms with Gasteiger partial charge < -0.3 is 4.90 Å². The van der Waals surface area contributed by atoms with Crippen molar-refractivity contribution in [3.8, 4) is 0 Å². The third-order valence-corrected chi connectivity index (χ3v) is 2.84. The van der Waals surface area contributed by atoms with Gasteiger partial charge in [-0.15, -0.1) is 0 Å². The van der Waals surface area contributed by atoms with Crippen molar-refractivity contribution in [1.29, 1.82) is 0 Å². The van der Waals surface area contributed by atoms with E-state index in [-0.39, 0.29) is 11.7 Å². The zero-order valence-corrected chi connectivity index (χ0v) is 11.0. The summed E-state index contributed by atoms with van der Waals surface area (Å²) < 4.78 is 0. The lowest BCUT2D eigenvalue weighted by Gasteiger charge is -2.13. The molecule has 0 unspecified atom stereocenters. The van der Waals surface area contributed by atoms with E-state index >= 15 is 0 Å². The summed E-state index contributed by atoms with van der Waals surface area (Å²) in [6.07, 6.45) is 0. The molecule has 0 saturated heterocycles. The van der Waals surface area contributed by atoms with Crippen LogP contribution in [0.2, 0.25) is 0 Å². The number of hydrogen-bond donors (Lipinski definition) is 0. The number of benzene rings is 2. The third-order valence-electron chi connectivity index (χ3n) is 2.84. The summed E-state index contributed by atoms with van der Waals surface area (Å²) in [6, 6.07) is 15.9. The van der Waals surface area contributed by atoms with Gasteiger partial charge in [-0.05, 0) is 6.07 Å². The molecule has 0 aliphatic rings. The molecule has 19 heavy (non-hydrogen) atoms. The Bertz CT molecular complexity index is 603. The standard InChI is InChI=1S/C16H15NO2/c1-17(2)16(19)14-11-7-6-10-13(14)15(18)12-8-4-3-5-9-12/h3-11H,1-2H3. The monoisotopic (exact) mass is 253 g/mol. The summed E-state index contributed by atoms with van der Waals surface area (Å²) in [5.74, 6) is -0.300. The van der Waals surface area contributed by atoms with Crippen LogP contribution in [0.1, 0.15) is 26.3 Å². The van der Waals surface area contributed by atoms with Crippen LogP contribution in [0.15, 0.2) is 54.6 Å². The number of hydrogen-bond acceptors (Lipinski definition) is 2. The van der Waals surface area contributed by atoms with Gasteiger partial charge in [-0.1, -0.05) is 48.5 Å². The van der Waals surface area contributed by atoms with Gasteiger partial charge >= 0.3 is 0 Å². The van der Waals surface area contributed by atoms with Gasteiger partial charge in [0.05, 0.1) is 5.56 Å². The average Bonchev–Trinajstić information content (AvgIpc) is 2.46. The van der Waals surface area contributed by atoms with Crippen LogP contribution in [0.5, 0.6) is 0 Å². The fourth-order valence-electron chi connectivity index (χ4n) is 1.85. The van der Waals surface area contributed by atoms with Crippen molar-refractivity contribution in [2.24, 2.45) is 0 Å². The number of nitrogens with zero attached hydrogens (tertiary/aromatic N) is 1. The molecule has 0 heterocycles. The average molecular weight is 253 g/mol. The predicted molar refractivity (Wildman–Crippen MR) is 74.3 cm³/mol. The van der Waals surface area contributed by atoms with E-state index in [2.05, 4.69) is 0 Å². The molecule has 0 spiro atoms. The summed E-state index contributed by atoms with van der Waals surface area (Å²) in [7, 11) is 3.35. The Labute approximate surface area is 112 Å². The van der Waals surface area contributed by atoms with Gasteiger partial charge in [-0.25, -0.2) is 0 Å². The highest BCUT2D eigenvalue weighted by atomic mass is 16.2. The van der Waals surface area contributed by atoms with Crippen LogP contribution in [0.4, 0.5) is 0 Å². The highest BCUT2D eigenvalue weighted by Crippen LogP contribution is 2.15. The van der Waals surface area contributed by atoms with Gasteiger partial charge in [-0.3, -0.25) is 9.59 Å². The molecule has 2 rings (SSSR count). The fraction of sp³-hybridized carbons (Fsp3) is 0.125. The number of rotatable bonds is 3. The van der Waals surface area contributed by atoms with E-state index < -0.39 is 0 Å². The highest BCUT2D eigenvalue weighted by molar-refractivity contribution is 6.15. The van der Waals surface area contributed by atoms with Crippen molar-refractivity contribution >= 4 is 11.7 Å². The quantitative estimate of drug-likeness (QED) is 0.788. The molecule has 96 valence electrons. The maximum Gasteiger partial charge on any atom is 0.254 e. The number of amides is 1. The first-order chi connectivity index (χ1) is 9.11. The molecule has 3 nitrogen and oxygen atoms in total. The molecular formula is C16H15NO2. The van der Waals surface area contributed by atoms with Gasteiger partial charge in [-0.2, -0.15) is 0 Å². The van der Waals surface area contributed by atoms with E-state index in [1.807, 2.05) is 18.2 Å². The normalized spacial score (nSPS) is 10.0.